The van der Waals surface area contributed by atoms with Crippen molar-refractivity contribution in [3.63, 3.8) is 0 Å². The van der Waals surface area contributed by atoms with E-state index < -0.39 is 0 Å². The molecule has 1 unspecified atom stereocenters. The molecule has 2 aromatic rings. The zero-order valence-corrected chi connectivity index (χ0v) is 12.7. The number of hydrogen-bond acceptors (Lipinski definition) is 3. The first kappa shape index (κ1) is 14.0. The molecule has 2 N–H and O–H groups in total. The van der Waals surface area contributed by atoms with Gasteiger partial charge in [0.2, 0.25) is 0 Å². The van der Waals surface area contributed by atoms with E-state index in [0.29, 0.717) is 12.5 Å². The Hall–Kier alpha value is -2.00. The molecule has 0 amide bonds. The molecule has 3 nitrogen and oxygen atoms in total. The maximum atomic E-state index is 6.19. The van der Waals surface area contributed by atoms with Gasteiger partial charge in [0.15, 0.2) is 5.96 Å². The van der Waals surface area contributed by atoms with Crippen LogP contribution in [0.5, 0.6) is 0 Å². The fourth-order valence-electron chi connectivity index (χ4n) is 2.74. The summed E-state index contributed by atoms with van der Waals surface area (Å²) in [6, 6.07) is 16.6. The van der Waals surface area contributed by atoms with Crippen molar-refractivity contribution in [1.29, 1.82) is 0 Å². The SMILES string of the molecule is Cc1cc(Cl)cc(C2CN=C(N)N2Cc2ccccc2)c1. The van der Waals surface area contributed by atoms with Gasteiger partial charge in [-0.15, -0.1) is 0 Å². The zero-order valence-electron chi connectivity index (χ0n) is 12.0. The molecule has 0 saturated carbocycles. The lowest BCUT2D eigenvalue weighted by molar-refractivity contribution is 0.340. The quantitative estimate of drug-likeness (QED) is 0.942. The van der Waals surface area contributed by atoms with Crippen LogP contribution in [0.2, 0.25) is 5.02 Å². The maximum absolute atomic E-state index is 6.19. The van der Waals surface area contributed by atoms with Crippen molar-refractivity contribution in [2.45, 2.75) is 19.5 Å². The summed E-state index contributed by atoms with van der Waals surface area (Å²) in [5.74, 6) is 0.599. The van der Waals surface area contributed by atoms with Crippen LogP contribution in [0.4, 0.5) is 0 Å². The fraction of sp³-hybridized carbons (Fsp3) is 0.235. The Morgan fingerprint density at radius 3 is 2.71 bits per heavy atom. The third-order valence-electron chi connectivity index (χ3n) is 3.74. The predicted octanol–water partition coefficient (Wildman–Crippen LogP) is 3.52. The highest BCUT2D eigenvalue weighted by Crippen LogP contribution is 2.29. The van der Waals surface area contributed by atoms with E-state index >= 15 is 0 Å². The van der Waals surface area contributed by atoms with E-state index in [1.807, 2.05) is 30.3 Å². The molecule has 2 aromatic carbocycles. The van der Waals surface area contributed by atoms with Gasteiger partial charge in [-0.2, -0.15) is 0 Å². The molecular weight excluding hydrogens is 282 g/mol. The monoisotopic (exact) mass is 299 g/mol. The summed E-state index contributed by atoms with van der Waals surface area (Å²) in [5, 5.41) is 0.759. The number of nitrogens with zero attached hydrogens (tertiary/aromatic N) is 2. The van der Waals surface area contributed by atoms with Crippen LogP contribution < -0.4 is 5.73 Å². The Labute approximate surface area is 130 Å². The highest BCUT2D eigenvalue weighted by molar-refractivity contribution is 6.30. The standard InChI is InChI=1S/C17H18ClN3/c1-12-7-14(9-15(18)8-12)16-10-20-17(19)21(16)11-13-5-3-2-4-6-13/h2-9,16H,10-11H2,1H3,(H2,19,20). The predicted molar refractivity (Wildman–Crippen MR) is 87.4 cm³/mol. The molecular formula is C17H18ClN3. The highest BCUT2D eigenvalue weighted by atomic mass is 35.5. The van der Waals surface area contributed by atoms with Gasteiger partial charge >= 0.3 is 0 Å². The molecule has 0 spiro atoms. The lowest BCUT2D eigenvalue weighted by Gasteiger charge is -2.27. The van der Waals surface area contributed by atoms with Crippen molar-refractivity contribution >= 4 is 17.6 Å². The van der Waals surface area contributed by atoms with Crippen molar-refractivity contribution in [1.82, 2.24) is 4.90 Å². The van der Waals surface area contributed by atoms with Gasteiger partial charge in [-0.3, -0.25) is 4.99 Å². The third-order valence-corrected chi connectivity index (χ3v) is 3.96. The number of aryl methyl sites for hydroxylation is 1. The van der Waals surface area contributed by atoms with Crippen LogP contribution in [0.25, 0.3) is 0 Å². The molecule has 1 heterocycles. The Balaban J connectivity index is 1.88. The van der Waals surface area contributed by atoms with Gasteiger partial charge in [-0.05, 0) is 35.7 Å². The zero-order chi connectivity index (χ0) is 14.8. The van der Waals surface area contributed by atoms with Gasteiger partial charge in [0, 0.05) is 11.6 Å². The van der Waals surface area contributed by atoms with Crippen LogP contribution in [-0.2, 0) is 6.54 Å². The van der Waals surface area contributed by atoms with Crippen LogP contribution in [0.1, 0.15) is 22.7 Å². The molecule has 0 saturated heterocycles. The number of guanidine groups is 1. The summed E-state index contributed by atoms with van der Waals surface area (Å²) in [6.07, 6.45) is 0. The Kier molecular flexibility index (Phi) is 3.84. The number of aliphatic imine (C=N–C) groups is 1. The van der Waals surface area contributed by atoms with Gasteiger partial charge in [0.05, 0.1) is 12.6 Å². The van der Waals surface area contributed by atoms with Crippen LogP contribution in [0.15, 0.2) is 53.5 Å². The highest BCUT2D eigenvalue weighted by Gasteiger charge is 2.27. The molecule has 0 bridgehead atoms. The minimum absolute atomic E-state index is 0.155. The summed E-state index contributed by atoms with van der Waals surface area (Å²) in [7, 11) is 0. The van der Waals surface area contributed by atoms with E-state index in [4.69, 9.17) is 17.3 Å². The topological polar surface area (TPSA) is 41.6 Å². The van der Waals surface area contributed by atoms with Gasteiger partial charge in [0.1, 0.15) is 0 Å². The minimum Gasteiger partial charge on any atom is -0.370 e. The Morgan fingerprint density at radius 2 is 2.00 bits per heavy atom. The van der Waals surface area contributed by atoms with Gasteiger partial charge in [-0.25, -0.2) is 0 Å². The largest absolute Gasteiger partial charge is 0.370 e. The second-order valence-electron chi connectivity index (χ2n) is 5.39. The number of nitrogens with two attached hydrogens (primary N) is 1. The van der Waals surface area contributed by atoms with Crippen LogP contribution in [-0.4, -0.2) is 17.4 Å². The summed E-state index contributed by atoms with van der Waals surface area (Å²) < 4.78 is 0. The first-order valence-corrected chi connectivity index (χ1v) is 7.39. The molecule has 0 fully saturated rings. The van der Waals surface area contributed by atoms with E-state index in [1.165, 1.54) is 11.1 Å². The molecule has 1 atom stereocenters. The summed E-state index contributed by atoms with van der Waals surface area (Å²) in [4.78, 5) is 6.55. The third kappa shape index (κ3) is 3.03. The Bertz CT molecular complexity index is 647. The van der Waals surface area contributed by atoms with Crippen LogP contribution >= 0.6 is 11.6 Å². The van der Waals surface area contributed by atoms with Crippen molar-refractivity contribution < 1.29 is 0 Å². The summed E-state index contributed by atoms with van der Waals surface area (Å²) >= 11 is 6.19. The molecule has 1 aliphatic heterocycles. The lowest BCUT2D eigenvalue weighted by Crippen LogP contribution is -2.35. The number of halogens is 1. The van der Waals surface area contributed by atoms with E-state index in [0.717, 1.165) is 17.1 Å². The van der Waals surface area contributed by atoms with E-state index in [-0.39, 0.29) is 6.04 Å². The molecule has 3 rings (SSSR count). The van der Waals surface area contributed by atoms with E-state index in [2.05, 4.69) is 35.0 Å². The average molecular weight is 300 g/mol. The second kappa shape index (κ2) is 5.78. The summed E-state index contributed by atoms with van der Waals surface area (Å²) in [6.45, 7) is 3.49. The molecule has 21 heavy (non-hydrogen) atoms. The van der Waals surface area contributed by atoms with Crippen molar-refractivity contribution in [3.05, 3.63) is 70.2 Å². The van der Waals surface area contributed by atoms with Crippen molar-refractivity contribution in [2.75, 3.05) is 6.54 Å². The van der Waals surface area contributed by atoms with E-state index in [1.54, 1.807) is 0 Å². The van der Waals surface area contributed by atoms with Crippen molar-refractivity contribution in [3.8, 4) is 0 Å². The fourth-order valence-corrected chi connectivity index (χ4v) is 3.04. The first-order valence-electron chi connectivity index (χ1n) is 7.01. The molecule has 0 radical (unpaired) electrons. The number of rotatable bonds is 3. The lowest BCUT2D eigenvalue weighted by atomic mass is 10.0. The minimum atomic E-state index is 0.155. The molecule has 0 aromatic heterocycles. The normalized spacial score (nSPS) is 17.9. The summed E-state index contributed by atoms with van der Waals surface area (Å²) in [5.41, 5.74) is 9.62. The second-order valence-corrected chi connectivity index (χ2v) is 5.83. The van der Waals surface area contributed by atoms with E-state index in [9.17, 15) is 0 Å². The number of benzene rings is 2. The van der Waals surface area contributed by atoms with Gasteiger partial charge in [-0.1, -0.05) is 48.0 Å². The smallest absolute Gasteiger partial charge is 0.192 e. The molecule has 4 heteroatoms. The van der Waals surface area contributed by atoms with Gasteiger partial charge in [0.25, 0.3) is 0 Å². The molecule has 1 aliphatic rings. The first-order chi connectivity index (χ1) is 10.1. The van der Waals surface area contributed by atoms with Crippen LogP contribution in [0, 0.1) is 6.92 Å². The maximum Gasteiger partial charge on any atom is 0.192 e. The van der Waals surface area contributed by atoms with Crippen molar-refractivity contribution in [2.24, 2.45) is 10.7 Å². The molecule has 108 valence electrons. The van der Waals surface area contributed by atoms with Crippen LogP contribution in [0.3, 0.4) is 0 Å². The molecule has 0 aliphatic carbocycles. The Morgan fingerprint density at radius 1 is 1.24 bits per heavy atom. The average Bonchev–Trinajstić information content (AvgIpc) is 2.80. The number of hydrogen-bond donors (Lipinski definition) is 1. The van der Waals surface area contributed by atoms with Gasteiger partial charge < -0.3 is 10.6 Å².